The monoisotopic (exact) mass is 408 g/mol. The van der Waals surface area contributed by atoms with Crippen molar-refractivity contribution in [3.05, 3.63) is 64.4 Å². The lowest BCUT2D eigenvalue weighted by molar-refractivity contribution is 0.244. The van der Waals surface area contributed by atoms with Crippen molar-refractivity contribution in [3.8, 4) is 10.6 Å². The fourth-order valence-electron chi connectivity index (χ4n) is 4.41. The third-order valence-electron chi connectivity index (χ3n) is 6.03. The first-order valence-corrected chi connectivity index (χ1v) is 11.3. The highest BCUT2D eigenvalue weighted by Gasteiger charge is 2.23. The maximum atomic E-state index is 13.1. The predicted octanol–water partition coefficient (Wildman–Crippen LogP) is 5.35. The molecule has 3 aromatic rings. The van der Waals surface area contributed by atoms with Gasteiger partial charge in [0.05, 0.1) is 0 Å². The summed E-state index contributed by atoms with van der Waals surface area (Å²) in [7, 11) is 0. The van der Waals surface area contributed by atoms with Gasteiger partial charge < -0.3 is 0 Å². The Morgan fingerprint density at radius 3 is 2.69 bits per heavy atom. The zero-order chi connectivity index (χ0) is 19.6. The molecule has 150 valence electrons. The standard InChI is InChI=1S/C23H25FN4S/c24-19-8-6-17(7-9-19)23-26-13-20(29-23)15-28-11-10-21-18(14-28)12-25-22(27-21)16-4-2-1-3-5-16/h6-9,12-13,16H,1-5,10-11,14-15H2. The van der Waals surface area contributed by atoms with Gasteiger partial charge in [-0.25, -0.2) is 19.3 Å². The maximum Gasteiger partial charge on any atom is 0.131 e. The Hall–Kier alpha value is -2.18. The Bertz CT molecular complexity index is 979. The summed E-state index contributed by atoms with van der Waals surface area (Å²) in [6, 6.07) is 6.55. The molecule has 0 atom stereocenters. The quantitative estimate of drug-likeness (QED) is 0.584. The normalized spacial score (nSPS) is 18.0. The molecular formula is C23H25FN4S. The Kier molecular flexibility index (Phi) is 5.38. The highest BCUT2D eigenvalue weighted by molar-refractivity contribution is 7.15. The van der Waals surface area contributed by atoms with E-state index >= 15 is 0 Å². The third kappa shape index (κ3) is 4.23. The molecule has 1 fully saturated rings. The van der Waals surface area contributed by atoms with E-state index in [0.29, 0.717) is 5.92 Å². The van der Waals surface area contributed by atoms with E-state index in [2.05, 4.69) is 16.1 Å². The number of halogens is 1. The minimum Gasteiger partial charge on any atom is -0.293 e. The third-order valence-corrected chi connectivity index (χ3v) is 7.06. The first kappa shape index (κ1) is 18.8. The number of hydrogen-bond acceptors (Lipinski definition) is 5. The van der Waals surface area contributed by atoms with E-state index in [9.17, 15) is 4.39 Å². The van der Waals surface area contributed by atoms with Crippen molar-refractivity contribution in [2.75, 3.05) is 6.54 Å². The number of nitrogens with zero attached hydrogens (tertiary/aromatic N) is 4. The molecule has 0 saturated heterocycles. The van der Waals surface area contributed by atoms with Crippen LogP contribution in [0, 0.1) is 5.82 Å². The van der Waals surface area contributed by atoms with Crippen molar-refractivity contribution < 1.29 is 4.39 Å². The topological polar surface area (TPSA) is 41.9 Å². The largest absolute Gasteiger partial charge is 0.293 e. The van der Waals surface area contributed by atoms with Crippen LogP contribution in [0.3, 0.4) is 0 Å². The Morgan fingerprint density at radius 1 is 1.03 bits per heavy atom. The molecule has 0 N–H and O–H groups in total. The van der Waals surface area contributed by atoms with Crippen LogP contribution in [0.15, 0.2) is 36.7 Å². The summed E-state index contributed by atoms with van der Waals surface area (Å²) < 4.78 is 13.1. The van der Waals surface area contributed by atoms with E-state index in [4.69, 9.17) is 9.97 Å². The van der Waals surface area contributed by atoms with Gasteiger partial charge in [0.25, 0.3) is 0 Å². The van der Waals surface area contributed by atoms with E-state index in [1.165, 1.54) is 60.4 Å². The van der Waals surface area contributed by atoms with Gasteiger partial charge >= 0.3 is 0 Å². The molecule has 0 spiro atoms. The van der Waals surface area contributed by atoms with Crippen LogP contribution in [-0.2, 0) is 19.5 Å². The van der Waals surface area contributed by atoms with Gasteiger partial charge in [0, 0.05) is 66.1 Å². The SMILES string of the molecule is Fc1ccc(-c2ncc(CN3CCc4nc(C5CCCCC5)ncc4C3)s2)cc1. The molecule has 2 aliphatic rings. The van der Waals surface area contributed by atoms with Crippen LogP contribution in [-0.4, -0.2) is 26.4 Å². The average molecular weight is 409 g/mol. The van der Waals surface area contributed by atoms with Gasteiger partial charge in [-0.15, -0.1) is 11.3 Å². The van der Waals surface area contributed by atoms with Crippen LogP contribution in [0.2, 0.25) is 0 Å². The summed E-state index contributed by atoms with van der Waals surface area (Å²) in [6.45, 7) is 2.78. The highest BCUT2D eigenvalue weighted by Crippen LogP contribution is 2.32. The lowest BCUT2D eigenvalue weighted by Crippen LogP contribution is -2.31. The second kappa shape index (κ2) is 8.28. The van der Waals surface area contributed by atoms with Crippen LogP contribution >= 0.6 is 11.3 Å². The zero-order valence-corrected chi connectivity index (χ0v) is 17.3. The van der Waals surface area contributed by atoms with Crippen molar-refractivity contribution in [1.82, 2.24) is 19.9 Å². The summed E-state index contributed by atoms with van der Waals surface area (Å²) in [4.78, 5) is 17.9. The van der Waals surface area contributed by atoms with E-state index < -0.39 is 0 Å². The van der Waals surface area contributed by atoms with Crippen molar-refractivity contribution in [2.24, 2.45) is 0 Å². The second-order valence-corrected chi connectivity index (χ2v) is 9.25. The molecule has 2 aromatic heterocycles. The van der Waals surface area contributed by atoms with Crippen LogP contribution < -0.4 is 0 Å². The van der Waals surface area contributed by atoms with Crippen LogP contribution in [0.5, 0.6) is 0 Å². The van der Waals surface area contributed by atoms with E-state index in [0.717, 1.165) is 42.5 Å². The number of fused-ring (bicyclic) bond motifs is 1. The molecule has 0 radical (unpaired) electrons. The molecule has 5 rings (SSSR count). The molecular weight excluding hydrogens is 383 g/mol. The predicted molar refractivity (Wildman–Crippen MR) is 113 cm³/mol. The summed E-state index contributed by atoms with van der Waals surface area (Å²) in [5.41, 5.74) is 3.47. The fourth-order valence-corrected chi connectivity index (χ4v) is 5.37. The Balaban J connectivity index is 1.25. The minimum absolute atomic E-state index is 0.216. The van der Waals surface area contributed by atoms with E-state index in [1.807, 2.05) is 6.20 Å². The zero-order valence-electron chi connectivity index (χ0n) is 16.5. The minimum atomic E-state index is -0.216. The fraction of sp³-hybridized carbons (Fsp3) is 0.435. The maximum absolute atomic E-state index is 13.1. The summed E-state index contributed by atoms with van der Waals surface area (Å²) in [5, 5.41) is 0.942. The molecule has 0 unspecified atom stereocenters. The van der Waals surface area contributed by atoms with Crippen molar-refractivity contribution in [3.63, 3.8) is 0 Å². The first-order chi connectivity index (χ1) is 14.2. The number of rotatable bonds is 4. The van der Waals surface area contributed by atoms with E-state index in [1.54, 1.807) is 23.5 Å². The number of thiazole rings is 1. The molecule has 29 heavy (non-hydrogen) atoms. The summed E-state index contributed by atoms with van der Waals surface area (Å²) >= 11 is 1.68. The van der Waals surface area contributed by atoms with Gasteiger partial charge in [-0.2, -0.15) is 0 Å². The average Bonchev–Trinajstić information content (AvgIpc) is 3.23. The van der Waals surface area contributed by atoms with Gasteiger partial charge in [0.2, 0.25) is 0 Å². The van der Waals surface area contributed by atoms with Gasteiger partial charge in [0.1, 0.15) is 16.6 Å². The molecule has 1 aliphatic heterocycles. The molecule has 0 amide bonds. The smallest absolute Gasteiger partial charge is 0.131 e. The molecule has 6 heteroatoms. The molecule has 3 heterocycles. The number of aromatic nitrogens is 3. The van der Waals surface area contributed by atoms with Gasteiger partial charge in [-0.1, -0.05) is 19.3 Å². The summed E-state index contributed by atoms with van der Waals surface area (Å²) in [6.07, 6.45) is 11.5. The van der Waals surface area contributed by atoms with Crippen molar-refractivity contribution >= 4 is 11.3 Å². The lowest BCUT2D eigenvalue weighted by atomic mass is 9.88. The Morgan fingerprint density at radius 2 is 1.86 bits per heavy atom. The second-order valence-electron chi connectivity index (χ2n) is 8.13. The molecule has 1 saturated carbocycles. The van der Waals surface area contributed by atoms with Crippen LogP contribution in [0.1, 0.15) is 60.0 Å². The summed E-state index contributed by atoms with van der Waals surface area (Å²) in [5.74, 6) is 1.42. The van der Waals surface area contributed by atoms with Gasteiger partial charge in [-0.05, 0) is 37.1 Å². The molecule has 1 aromatic carbocycles. The van der Waals surface area contributed by atoms with Crippen molar-refractivity contribution in [1.29, 1.82) is 0 Å². The molecule has 1 aliphatic carbocycles. The van der Waals surface area contributed by atoms with Crippen LogP contribution in [0.4, 0.5) is 4.39 Å². The molecule has 0 bridgehead atoms. The number of benzene rings is 1. The Labute approximate surface area is 174 Å². The van der Waals surface area contributed by atoms with Crippen molar-refractivity contribution in [2.45, 2.75) is 57.5 Å². The van der Waals surface area contributed by atoms with Gasteiger partial charge in [-0.3, -0.25) is 4.90 Å². The molecule has 4 nitrogen and oxygen atoms in total. The lowest BCUT2D eigenvalue weighted by Gasteiger charge is -2.28. The highest BCUT2D eigenvalue weighted by atomic mass is 32.1. The van der Waals surface area contributed by atoms with E-state index in [-0.39, 0.29) is 5.82 Å². The van der Waals surface area contributed by atoms with Crippen LogP contribution in [0.25, 0.3) is 10.6 Å². The number of hydrogen-bond donors (Lipinski definition) is 0. The van der Waals surface area contributed by atoms with Gasteiger partial charge in [0.15, 0.2) is 0 Å². The first-order valence-electron chi connectivity index (χ1n) is 10.5.